The minimum Gasteiger partial charge on any atom is -0.333 e. The molecule has 0 aromatic carbocycles. The van der Waals surface area contributed by atoms with Gasteiger partial charge < -0.3 is 5.32 Å². The number of imide groups is 1. The van der Waals surface area contributed by atoms with E-state index < -0.39 is 11.4 Å². The van der Waals surface area contributed by atoms with E-state index in [1.54, 1.807) is 20.8 Å². The van der Waals surface area contributed by atoms with Crippen LogP contribution >= 0.6 is 0 Å². The van der Waals surface area contributed by atoms with Gasteiger partial charge in [0.2, 0.25) is 5.91 Å². The number of urea groups is 1. The van der Waals surface area contributed by atoms with Crippen molar-refractivity contribution < 1.29 is 9.59 Å². The second-order valence-corrected chi connectivity index (χ2v) is 5.41. The number of hydrogen-bond donors (Lipinski definition) is 2. The van der Waals surface area contributed by atoms with Crippen LogP contribution in [0.4, 0.5) is 4.79 Å². The molecule has 0 atom stereocenters. The Morgan fingerprint density at radius 3 is 1.64 bits per heavy atom. The summed E-state index contributed by atoms with van der Waals surface area (Å²) in [6.07, 6.45) is 0. The van der Waals surface area contributed by atoms with Gasteiger partial charge in [-0.15, -0.1) is 0 Å². The molecule has 4 heteroatoms. The highest BCUT2D eigenvalue weighted by Crippen LogP contribution is 2.12. The van der Waals surface area contributed by atoms with Gasteiger partial charge in [0.25, 0.3) is 0 Å². The van der Waals surface area contributed by atoms with Gasteiger partial charge in [-0.2, -0.15) is 0 Å². The Morgan fingerprint density at radius 1 is 0.929 bits per heavy atom. The Morgan fingerprint density at radius 2 is 1.36 bits per heavy atom. The van der Waals surface area contributed by atoms with Crippen LogP contribution in [0.2, 0.25) is 0 Å². The third-order valence-electron chi connectivity index (χ3n) is 1.40. The molecule has 0 spiro atoms. The summed E-state index contributed by atoms with van der Waals surface area (Å²) >= 11 is 0. The first-order valence-electron chi connectivity index (χ1n) is 4.66. The van der Waals surface area contributed by atoms with E-state index in [2.05, 4.69) is 10.6 Å². The Hall–Kier alpha value is -1.06. The number of amides is 3. The quantitative estimate of drug-likeness (QED) is 0.624. The van der Waals surface area contributed by atoms with Crippen LogP contribution in [-0.4, -0.2) is 17.5 Å². The van der Waals surface area contributed by atoms with Gasteiger partial charge >= 0.3 is 6.03 Å². The summed E-state index contributed by atoms with van der Waals surface area (Å²) in [5, 5.41) is 4.94. The van der Waals surface area contributed by atoms with Gasteiger partial charge in [-0.05, 0) is 20.8 Å². The van der Waals surface area contributed by atoms with Crippen LogP contribution < -0.4 is 10.6 Å². The largest absolute Gasteiger partial charge is 0.333 e. The van der Waals surface area contributed by atoms with Gasteiger partial charge in [0.05, 0.1) is 0 Å². The molecule has 0 bridgehead atoms. The van der Waals surface area contributed by atoms with E-state index in [4.69, 9.17) is 0 Å². The van der Waals surface area contributed by atoms with Gasteiger partial charge in [-0.25, -0.2) is 4.79 Å². The lowest BCUT2D eigenvalue weighted by Gasteiger charge is -2.22. The van der Waals surface area contributed by atoms with E-state index in [0.717, 1.165) is 0 Å². The van der Waals surface area contributed by atoms with Crippen molar-refractivity contribution in [3.05, 3.63) is 0 Å². The van der Waals surface area contributed by atoms with Crippen molar-refractivity contribution >= 4 is 11.9 Å². The van der Waals surface area contributed by atoms with E-state index >= 15 is 0 Å². The maximum absolute atomic E-state index is 11.4. The van der Waals surface area contributed by atoms with Crippen molar-refractivity contribution in [3.8, 4) is 0 Å². The average Bonchev–Trinajstić information content (AvgIpc) is 1.79. The summed E-state index contributed by atoms with van der Waals surface area (Å²) in [5.41, 5.74) is -0.878. The van der Waals surface area contributed by atoms with Crippen LogP contribution in [0.3, 0.4) is 0 Å². The van der Waals surface area contributed by atoms with E-state index in [9.17, 15) is 9.59 Å². The summed E-state index contributed by atoms with van der Waals surface area (Å²) in [4.78, 5) is 22.7. The highest BCUT2D eigenvalue weighted by atomic mass is 16.2. The van der Waals surface area contributed by atoms with Gasteiger partial charge in [0.1, 0.15) is 0 Å². The Kier molecular flexibility index (Phi) is 3.68. The normalized spacial score (nSPS) is 12.1. The minimum absolute atomic E-state index is 0.278. The molecular weight excluding hydrogens is 180 g/mol. The Bertz CT molecular complexity index is 233. The zero-order valence-corrected chi connectivity index (χ0v) is 9.82. The van der Waals surface area contributed by atoms with Crippen LogP contribution in [0.15, 0.2) is 0 Å². The average molecular weight is 200 g/mol. The maximum atomic E-state index is 11.4. The van der Waals surface area contributed by atoms with Gasteiger partial charge in [-0.1, -0.05) is 20.8 Å². The zero-order chi connectivity index (χ0) is 11.6. The van der Waals surface area contributed by atoms with Crippen molar-refractivity contribution in [1.82, 2.24) is 10.6 Å². The summed E-state index contributed by atoms with van der Waals surface area (Å²) in [7, 11) is 0. The number of carbonyl (C=O) groups excluding carboxylic acids is 2. The molecule has 0 aromatic heterocycles. The summed E-state index contributed by atoms with van der Waals surface area (Å²) in [6.45, 7) is 10.8. The summed E-state index contributed by atoms with van der Waals surface area (Å²) in [6, 6.07) is -0.447. The lowest BCUT2D eigenvalue weighted by molar-refractivity contribution is -0.127. The first-order valence-corrected chi connectivity index (χ1v) is 4.66. The molecule has 4 nitrogen and oxygen atoms in total. The highest BCUT2D eigenvalue weighted by Gasteiger charge is 2.24. The lowest BCUT2D eigenvalue weighted by Crippen LogP contribution is -2.50. The van der Waals surface area contributed by atoms with Gasteiger partial charge in [-0.3, -0.25) is 10.1 Å². The van der Waals surface area contributed by atoms with Crippen LogP contribution in [0, 0.1) is 5.41 Å². The van der Waals surface area contributed by atoms with Crippen LogP contribution in [0.1, 0.15) is 41.5 Å². The first-order chi connectivity index (χ1) is 6.02. The smallest absolute Gasteiger partial charge is 0.321 e. The SMILES string of the molecule is CC(C)(C)NC(=O)NC(=O)C(C)(C)C. The molecule has 0 aliphatic carbocycles. The fourth-order valence-corrected chi connectivity index (χ4v) is 0.662. The molecule has 0 heterocycles. The van der Waals surface area contributed by atoms with Crippen molar-refractivity contribution in [1.29, 1.82) is 0 Å². The number of carbonyl (C=O) groups is 2. The van der Waals surface area contributed by atoms with Gasteiger partial charge in [0, 0.05) is 11.0 Å². The second-order valence-electron chi connectivity index (χ2n) is 5.41. The molecule has 82 valence electrons. The van der Waals surface area contributed by atoms with E-state index in [1.165, 1.54) is 0 Å². The molecule has 2 N–H and O–H groups in total. The van der Waals surface area contributed by atoms with Crippen LogP contribution in [0.5, 0.6) is 0 Å². The monoisotopic (exact) mass is 200 g/mol. The number of hydrogen-bond acceptors (Lipinski definition) is 2. The van der Waals surface area contributed by atoms with Gasteiger partial charge in [0.15, 0.2) is 0 Å². The summed E-state index contributed by atoms with van der Waals surface area (Å²) in [5.74, 6) is -0.278. The number of nitrogens with one attached hydrogen (secondary N) is 2. The molecule has 0 saturated heterocycles. The predicted molar refractivity (Wildman–Crippen MR) is 55.9 cm³/mol. The second kappa shape index (κ2) is 3.98. The molecule has 0 aliphatic rings. The number of rotatable bonds is 0. The van der Waals surface area contributed by atoms with Crippen molar-refractivity contribution in [2.75, 3.05) is 0 Å². The molecule has 0 unspecified atom stereocenters. The molecule has 3 amide bonds. The van der Waals surface area contributed by atoms with Crippen LogP contribution in [-0.2, 0) is 4.79 Å². The standard InChI is InChI=1S/C10H20N2O2/c1-9(2,3)7(13)11-8(14)12-10(4,5)6/h1-6H3,(H2,11,12,13,14). The molecule has 0 fully saturated rings. The topological polar surface area (TPSA) is 58.2 Å². The predicted octanol–water partition coefficient (Wildman–Crippen LogP) is 1.66. The highest BCUT2D eigenvalue weighted by molar-refractivity contribution is 5.96. The third kappa shape index (κ3) is 5.56. The van der Waals surface area contributed by atoms with E-state index in [1.807, 2.05) is 20.8 Å². The fourth-order valence-electron chi connectivity index (χ4n) is 0.662. The van der Waals surface area contributed by atoms with Crippen molar-refractivity contribution in [3.63, 3.8) is 0 Å². The zero-order valence-electron chi connectivity index (χ0n) is 9.82. The molecule has 0 saturated carbocycles. The Balaban J connectivity index is 4.16. The lowest BCUT2D eigenvalue weighted by atomic mass is 9.96. The van der Waals surface area contributed by atoms with Crippen molar-refractivity contribution in [2.45, 2.75) is 47.1 Å². The molecule has 0 rings (SSSR count). The molecule has 0 radical (unpaired) electrons. The minimum atomic E-state index is -0.546. The fraction of sp³-hybridized carbons (Fsp3) is 0.800. The molecule has 0 aromatic rings. The third-order valence-corrected chi connectivity index (χ3v) is 1.40. The molecular formula is C10H20N2O2. The van der Waals surface area contributed by atoms with E-state index in [0.29, 0.717) is 0 Å². The molecule has 0 aliphatic heterocycles. The Labute approximate surface area is 85.4 Å². The van der Waals surface area contributed by atoms with E-state index in [-0.39, 0.29) is 11.4 Å². The first kappa shape index (κ1) is 12.9. The summed E-state index contributed by atoms with van der Waals surface area (Å²) < 4.78 is 0. The van der Waals surface area contributed by atoms with Crippen LogP contribution in [0.25, 0.3) is 0 Å². The maximum Gasteiger partial charge on any atom is 0.321 e. The van der Waals surface area contributed by atoms with Crippen molar-refractivity contribution in [2.24, 2.45) is 5.41 Å². The molecule has 14 heavy (non-hydrogen) atoms.